The highest BCUT2D eigenvalue weighted by molar-refractivity contribution is 5.65. The zero-order valence-electron chi connectivity index (χ0n) is 10.1. The molecule has 0 amide bonds. The monoisotopic (exact) mass is 237 g/mol. The quantitative estimate of drug-likeness (QED) is 0.720. The molecule has 0 fully saturated rings. The molecule has 1 aliphatic heterocycles. The maximum atomic E-state index is 10.1. The Balaban J connectivity index is 2.27. The first kappa shape index (κ1) is 12.2. The topological polar surface area (TPSA) is 63.9 Å². The molecule has 0 spiro atoms. The number of β-amino-alcohol motifs (C(OH)–C–C–N with tert-alkyl or cyclic N) is 1. The molecular formula is C13H19NO3. The number of aromatic hydroxyl groups is 1. The van der Waals surface area contributed by atoms with Gasteiger partial charge in [0.2, 0.25) is 0 Å². The van der Waals surface area contributed by atoms with Crippen molar-refractivity contribution in [2.75, 3.05) is 24.6 Å². The number of nitrogens with zero attached hydrogens (tertiary/aromatic N) is 1. The minimum absolute atomic E-state index is 0.0454. The average Bonchev–Trinajstić information content (AvgIpc) is 2.66. The van der Waals surface area contributed by atoms with Gasteiger partial charge < -0.3 is 20.2 Å². The van der Waals surface area contributed by atoms with Crippen LogP contribution in [0.2, 0.25) is 0 Å². The summed E-state index contributed by atoms with van der Waals surface area (Å²) in [4.78, 5) is 2.09. The maximum Gasteiger partial charge on any atom is 0.124 e. The van der Waals surface area contributed by atoms with Crippen molar-refractivity contribution < 1.29 is 15.3 Å². The standard InChI is InChI=1S/C13H19NO3/c1-9(16)8-14-6-4-11-12(14)3-2-10(5-7-15)13(11)17/h2-3,9,15-17H,4-8H2,1H3. The van der Waals surface area contributed by atoms with E-state index in [9.17, 15) is 10.2 Å². The number of anilines is 1. The number of aliphatic hydroxyl groups excluding tert-OH is 2. The molecule has 94 valence electrons. The summed E-state index contributed by atoms with van der Waals surface area (Å²) in [5.74, 6) is 0.310. The van der Waals surface area contributed by atoms with Crippen LogP contribution >= 0.6 is 0 Å². The number of benzene rings is 1. The van der Waals surface area contributed by atoms with E-state index < -0.39 is 0 Å². The van der Waals surface area contributed by atoms with Crippen LogP contribution in [-0.4, -0.2) is 41.1 Å². The van der Waals surface area contributed by atoms with E-state index in [1.807, 2.05) is 12.1 Å². The summed E-state index contributed by atoms with van der Waals surface area (Å²) < 4.78 is 0. The average molecular weight is 237 g/mol. The lowest BCUT2D eigenvalue weighted by atomic mass is 10.0. The second kappa shape index (κ2) is 4.94. The normalized spacial score (nSPS) is 16.1. The predicted molar refractivity (Wildman–Crippen MR) is 66.5 cm³/mol. The van der Waals surface area contributed by atoms with Crippen molar-refractivity contribution in [3.8, 4) is 5.75 Å². The van der Waals surface area contributed by atoms with Crippen molar-refractivity contribution >= 4 is 5.69 Å². The van der Waals surface area contributed by atoms with E-state index in [0.29, 0.717) is 18.7 Å². The van der Waals surface area contributed by atoms with E-state index in [4.69, 9.17) is 5.11 Å². The van der Waals surface area contributed by atoms with Crippen LogP contribution in [0.4, 0.5) is 5.69 Å². The molecule has 4 nitrogen and oxygen atoms in total. The number of phenols is 1. The summed E-state index contributed by atoms with van der Waals surface area (Å²) >= 11 is 0. The van der Waals surface area contributed by atoms with Crippen molar-refractivity contribution in [3.05, 3.63) is 23.3 Å². The highest BCUT2D eigenvalue weighted by atomic mass is 16.3. The molecule has 3 N–H and O–H groups in total. The van der Waals surface area contributed by atoms with Gasteiger partial charge in [-0.1, -0.05) is 6.07 Å². The third kappa shape index (κ3) is 2.37. The van der Waals surface area contributed by atoms with Crippen LogP contribution in [0, 0.1) is 0 Å². The molecule has 0 bridgehead atoms. The van der Waals surface area contributed by atoms with Gasteiger partial charge in [0.1, 0.15) is 5.75 Å². The van der Waals surface area contributed by atoms with E-state index in [2.05, 4.69) is 4.90 Å². The molecule has 1 atom stereocenters. The fraction of sp³-hybridized carbons (Fsp3) is 0.538. The first-order chi connectivity index (χ1) is 8.13. The van der Waals surface area contributed by atoms with E-state index >= 15 is 0 Å². The van der Waals surface area contributed by atoms with Gasteiger partial charge in [-0.3, -0.25) is 0 Å². The van der Waals surface area contributed by atoms with E-state index in [0.717, 1.165) is 29.8 Å². The first-order valence-corrected chi connectivity index (χ1v) is 6.01. The van der Waals surface area contributed by atoms with Crippen LogP contribution in [0.1, 0.15) is 18.1 Å². The molecule has 0 radical (unpaired) electrons. The molecule has 1 unspecified atom stereocenters. The largest absolute Gasteiger partial charge is 0.507 e. The molecule has 1 aliphatic rings. The van der Waals surface area contributed by atoms with Gasteiger partial charge in [0.05, 0.1) is 6.10 Å². The molecule has 0 saturated heterocycles. The van der Waals surface area contributed by atoms with Gasteiger partial charge in [0, 0.05) is 30.9 Å². The molecule has 1 aromatic rings. The zero-order valence-corrected chi connectivity index (χ0v) is 10.1. The summed E-state index contributed by atoms with van der Waals surface area (Å²) in [7, 11) is 0. The van der Waals surface area contributed by atoms with E-state index in [-0.39, 0.29) is 12.7 Å². The molecule has 0 saturated carbocycles. The molecule has 0 aromatic heterocycles. The lowest BCUT2D eigenvalue weighted by Gasteiger charge is -2.21. The summed E-state index contributed by atoms with van der Waals surface area (Å²) in [6, 6.07) is 3.82. The summed E-state index contributed by atoms with van der Waals surface area (Å²) in [5, 5.41) is 28.4. The van der Waals surface area contributed by atoms with Crippen molar-refractivity contribution in [1.29, 1.82) is 0 Å². The smallest absolute Gasteiger partial charge is 0.124 e. The Hall–Kier alpha value is -1.26. The van der Waals surface area contributed by atoms with Crippen molar-refractivity contribution in [2.45, 2.75) is 25.9 Å². The molecular weight excluding hydrogens is 218 g/mol. The second-order valence-corrected chi connectivity index (χ2v) is 4.59. The van der Waals surface area contributed by atoms with Crippen molar-refractivity contribution in [1.82, 2.24) is 0 Å². The van der Waals surface area contributed by atoms with Crippen LogP contribution in [-0.2, 0) is 12.8 Å². The Bertz CT molecular complexity index is 404. The molecule has 0 aliphatic carbocycles. The highest BCUT2D eigenvalue weighted by Gasteiger charge is 2.24. The SMILES string of the molecule is CC(O)CN1CCc2c1ccc(CCO)c2O. The van der Waals surface area contributed by atoms with Crippen molar-refractivity contribution in [3.63, 3.8) is 0 Å². The van der Waals surface area contributed by atoms with Gasteiger partial charge in [0.15, 0.2) is 0 Å². The molecule has 1 heterocycles. The van der Waals surface area contributed by atoms with E-state index in [1.54, 1.807) is 6.92 Å². The first-order valence-electron chi connectivity index (χ1n) is 6.01. The summed E-state index contributed by atoms with van der Waals surface area (Å²) in [5.41, 5.74) is 2.74. The van der Waals surface area contributed by atoms with Gasteiger partial charge in [-0.05, 0) is 31.4 Å². The van der Waals surface area contributed by atoms with Gasteiger partial charge in [0.25, 0.3) is 0 Å². The van der Waals surface area contributed by atoms with Crippen LogP contribution in [0.25, 0.3) is 0 Å². The Morgan fingerprint density at radius 3 is 2.82 bits per heavy atom. The third-order valence-corrected chi connectivity index (χ3v) is 3.18. The number of hydrogen-bond acceptors (Lipinski definition) is 4. The fourth-order valence-corrected chi connectivity index (χ4v) is 2.41. The molecule has 4 heteroatoms. The van der Waals surface area contributed by atoms with Crippen LogP contribution in [0.15, 0.2) is 12.1 Å². The molecule has 2 rings (SSSR count). The van der Waals surface area contributed by atoms with Gasteiger partial charge >= 0.3 is 0 Å². The fourth-order valence-electron chi connectivity index (χ4n) is 2.41. The van der Waals surface area contributed by atoms with Gasteiger partial charge in [-0.2, -0.15) is 0 Å². The Morgan fingerprint density at radius 2 is 2.18 bits per heavy atom. The minimum atomic E-state index is -0.375. The summed E-state index contributed by atoms with van der Waals surface area (Å²) in [6.07, 6.45) is 0.906. The number of rotatable bonds is 4. The number of hydrogen-bond donors (Lipinski definition) is 3. The lowest BCUT2D eigenvalue weighted by Crippen LogP contribution is -2.29. The Morgan fingerprint density at radius 1 is 1.41 bits per heavy atom. The lowest BCUT2D eigenvalue weighted by molar-refractivity contribution is 0.200. The zero-order chi connectivity index (χ0) is 12.4. The third-order valence-electron chi connectivity index (χ3n) is 3.18. The van der Waals surface area contributed by atoms with Crippen molar-refractivity contribution in [2.24, 2.45) is 0 Å². The van der Waals surface area contributed by atoms with Crippen LogP contribution in [0.3, 0.4) is 0 Å². The predicted octanol–water partition coefficient (Wildman–Crippen LogP) is 0.670. The minimum Gasteiger partial charge on any atom is -0.507 e. The highest BCUT2D eigenvalue weighted by Crippen LogP contribution is 2.37. The molecule has 1 aromatic carbocycles. The van der Waals surface area contributed by atoms with Gasteiger partial charge in [-0.25, -0.2) is 0 Å². The maximum absolute atomic E-state index is 10.1. The summed E-state index contributed by atoms with van der Waals surface area (Å²) in [6.45, 7) is 3.23. The Labute approximate surface area is 101 Å². The second-order valence-electron chi connectivity index (χ2n) is 4.59. The number of aliphatic hydroxyl groups is 2. The molecule has 17 heavy (non-hydrogen) atoms. The number of phenolic OH excluding ortho intramolecular Hbond substituents is 1. The van der Waals surface area contributed by atoms with E-state index in [1.165, 1.54) is 0 Å². The van der Waals surface area contributed by atoms with Crippen LogP contribution < -0.4 is 4.90 Å². The van der Waals surface area contributed by atoms with Crippen LogP contribution in [0.5, 0.6) is 5.75 Å². The van der Waals surface area contributed by atoms with Gasteiger partial charge in [-0.15, -0.1) is 0 Å². The number of fused-ring (bicyclic) bond motifs is 1. The Kier molecular flexibility index (Phi) is 3.54.